The minimum Gasteiger partial charge on any atom is -0.491 e. The normalized spacial score (nSPS) is 17.5. The Bertz CT molecular complexity index is 1050. The average Bonchev–Trinajstić information content (AvgIpc) is 3.19. The van der Waals surface area contributed by atoms with Gasteiger partial charge in [0.05, 0.1) is 30.5 Å². The molecule has 1 unspecified atom stereocenters. The van der Waals surface area contributed by atoms with E-state index in [1.807, 2.05) is 31.2 Å². The summed E-state index contributed by atoms with van der Waals surface area (Å²) in [5.74, 6) is -0.238. The van der Waals surface area contributed by atoms with E-state index in [1.54, 1.807) is 24.2 Å². The third kappa shape index (κ3) is 2.29. The highest BCUT2D eigenvalue weighted by atomic mass is 19.1. The van der Waals surface area contributed by atoms with Crippen LogP contribution < -0.4 is 4.90 Å². The highest BCUT2D eigenvalue weighted by Crippen LogP contribution is 2.42. The molecule has 0 spiro atoms. The maximum absolute atomic E-state index is 14.2. The van der Waals surface area contributed by atoms with Gasteiger partial charge in [-0.3, -0.25) is 9.69 Å². The number of ether oxygens (including phenoxy) is 1. The fourth-order valence-corrected chi connectivity index (χ4v) is 3.59. The summed E-state index contributed by atoms with van der Waals surface area (Å²) in [6.45, 7) is 3.57. The summed E-state index contributed by atoms with van der Waals surface area (Å²) in [6, 6.07) is 10.1. The Morgan fingerprint density at radius 2 is 2.04 bits per heavy atom. The van der Waals surface area contributed by atoms with E-state index < -0.39 is 6.04 Å². The Kier molecular flexibility index (Phi) is 3.76. The molecule has 26 heavy (non-hydrogen) atoms. The monoisotopic (exact) mass is 351 g/mol. The second-order valence-electron chi connectivity index (χ2n) is 6.35. The fourth-order valence-electron chi connectivity index (χ4n) is 3.59. The van der Waals surface area contributed by atoms with Gasteiger partial charge < -0.3 is 9.72 Å². The summed E-state index contributed by atoms with van der Waals surface area (Å²) < 4.78 is 19.5. The van der Waals surface area contributed by atoms with Gasteiger partial charge in [0.2, 0.25) is 0 Å². The van der Waals surface area contributed by atoms with Gasteiger partial charge >= 0.3 is 0 Å². The minimum absolute atomic E-state index is 0.238. The first-order valence-electron chi connectivity index (χ1n) is 8.29. The van der Waals surface area contributed by atoms with Gasteiger partial charge in [0.1, 0.15) is 5.82 Å². The van der Waals surface area contributed by atoms with Crippen molar-refractivity contribution in [3.05, 3.63) is 71.0 Å². The summed E-state index contributed by atoms with van der Waals surface area (Å²) in [7, 11) is 1.48. The molecular weight excluding hydrogens is 333 g/mol. The summed E-state index contributed by atoms with van der Waals surface area (Å²) >= 11 is 0. The summed E-state index contributed by atoms with van der Waals surface area (Å²) in [5, 5.41) is 0. The first-order valence-corrected chi connectivity index (χ1v) is 8.29. The molecule has 0 fully saturated rings. The number of aromatic amines is 1. The fraction of sp³-hybridized carbons (Fsp3) is 0.200. The molecule has 132 valence electrons. The number of benzene rings is 2. The van der Waals surface area contributed by atoms with Gasteiger partial charge in [-0.25, -0.2) is 9.37 Å². The van der Waals surface area contributed by atoms with Crippen LogP contribution in [0.5, 0.6) is 0 Å². The van der Waals surface area contributed by atoms with Crippen LogP contribution in [0.15, 0.2) is 54.1 Å². The zero-order valence-electron chi connectivity index (χ0n) is 14.7. The van der Waals surface area contributed by atoms with Crippen LogP contribution in [0.2, 0.25) is 0 Å². The van der Waals surface area contributed by atoms with Gasteiger partial charge in [-0.2, -0.15) is 0 Å². The highest BCUT2D eigenvalue weighted by molar-refractivity contribution is 6.09. The third-order valence-electron chi connectivity index (χ3n) is 4.93. The molecule has 0 saturated carbocycles. The van der Waals surface area contributed by atoms with E-state index in [-0.39, 0.29) is 11.7 Å². The summed E-state index contributed by atoms with van der Waals surface area (Å²) in [5.41, 5.74) is 4.37. The molecule has 4 rings (SSSR count). The minimum atomic E-state index is -0.423. The lowest BCUT2D eigenvalue weighted by Gasteiger charge is -2.27. The lowest BCUT2D eigenvalue weighted by atomic mass is 9.95. The Morgan fingerprint density at radius 3 is 2.81 bits per heavy atom. The summed E-state index contributed by atoms with van der Waals surface area (Å²) in [6.07, 6.45) is 1.61. The van der Waals surface area contributed by atoms with Crippen molar-refractivity contribution in [2.75, 3.05) is 12.0 Å². The maximum Gasteiger partial charge on any atom is 0.294 e. The highest BCUT2D eigenvalue weighted by Gasteiger charge is 2.41. The number of halogens is 1. The maximum atomic E-state index is 14.2. The molecule has 0 saturated heterocycles. The van der Waals surface area contributed by atoms with Crippen LogP contribution in [0.1, 0.15) is 24.1 Å². The van der Waals surface area contributed by atoms with Crippen LogP contribution in [-0.2, 0) is 9.53 Å². The van der Waals surface area contributed by atoms with Crippen molar-refractivity contribution >= 4 is 22.6 Å². The van der Waals surface area contributed by atoms with Gasteiger partial charge in [-0.05, 0) is 49.2 Å². The van der Waals surface area contributed by atoms with E-state index >= 15 is 0 Å². The van der Waals surface area contributed by atoms with Crippen LogP contribution in [0.25, 0.3) is 11.0 Å². The Labute approximate surface area is 150 Å². The number of carbonyl (C=O) groups excluding carboxylic acids is 1. The third-order valence-corrected chi connectivity index (χ3v) is 4.93. The van der Waals surface area contributed by atoms with E-state index in [4.69, 9.17) is 4.74 Å². The largest absolute Gasteiger partial charge is 0.491 e. The predicted molar refractivity (Wildman–Crippen MR) is 97.2 cm³/mol. The molecule has 5 nitrogen and oxygen atoms in total. The quantitative estimate of drug-likeness (QED) is 0.775. The van der Waals surface area contributed by atoms with Gasteiger partial charge in [0, 0.05) is 11.3 Å². The number of aromatic nitrogens is 2. The molecule has 0 radical (unpaired) electrons. The number of imidazole rings is 1. The number of methoxy groups -OCH3 is 1. The molecule has 3 aromatic rings. The van der Waals surface area contributed by atoms with Crippen LogP contribution in [-0.4, -0.2) is 23.0 Å². The molecule has 0 aliphatic carbocycles. The molecular formula is C20H18FN3O2. The summed E-state index contributed by atoms with van der Waals surface area (Å²) in [4.78, 5) is 21.9. The molecule has 2 aromatic carbocycles. The molecule has 1 amide bonds. The Balaban J connectivity index is 1.91. The van der Waals surface area contributed by atoms with Crippen molar-refractivity contribution in [3.63, 3.8) is 0 Å². The Hall–Kier alpha value is -3.15. The topological polar surface area (TPSA) is 58.2 Å². The molecule has 1 aliphatic heterocycles. The van der Waals surface area contributed by atoms with Crippen molar-refractivity contribution in [1.82, 2.24) is 9.97 Å². The number of carbonyl (C=O) groups is 1. The molecule has 1 aliphatic rings. The van der Waals surface area contributed by atoms with E-state index in [1.165, 1.54) is 13.2 Å². The van der Waals surface area contributed by atoms with E-state index in [9.17, 15) is 9.18 Å². The number of anilines is 1. The predicted octanol–water partition coefficient (Wildman–Crippen LogP) is 4.02. The zero-order chi connectivity index (χ0) is 18.4. The number of hydrogen-bond acceptors (Lipinski definition) is 3. The second-order valence-corrected chi connectivity index (χ2v) is 6.35. The molecule has 6 heteroatoms. The lowest BCUT2D eigenvalue weighted by molar-refractivity contribution is -0.117. The first kappa shape index (κ1) is 16.3. The van der Waals surface area contributed by atoms with Crippen molar-refractivity contribution < 1.29 is 13.9 Å². The molecule has 1 N–H and O–H groups in total. The van der Waals surface area contributed by atoms with Gasteiger partial charge in [-0.1, -0.05) is 12.1 Å². The van der Waals surface area contributed by atoms with Gasteiger partial charge in [-0.15, -0.1) is 0 Å². The van der Waals surface area contributed by atoms with Crippen LogP contribution in [0.4, 0.5) is 10.1 Å². The number of nitrogens with zero attached hydrogens (tertiary/aromatic N) is 2. The van der Waals surface area contributed by atoms with E-state index in [0.717, 1.165) is 22.2 Å². The number of amides is 1. The molecule has 2 heterocycles. The number of H-pyrrole nitrogens is 1. The van der Waals surface area contributed by atoms with Crippen molar-refractivity contribution in [2.45, 2.75) is 19.9 Å². The number of fused-ring (bicyclic) bond motifs is 1. The standard InChI is InChI=1S/C20H18FN3O2/c1-11-14(5-4-6-15(11)21)18-12(2)19(26-3)20(25)24(18)13-7-8-16-17(9-13)23-10-22-16/h4-10,18H,1-3H3,(H,22,23). The second kappa shape index (κ2) is 5.98. The SMILES string of the molecule is COC1=C(C)C(c2cccc(F)c2C)N(c2ccc3nc[nH]c3c2)C1=O. The first-order chi connectivity index (χ1) is 12.5. The Morgan fingerprint density at radius 1 is 1.23 bits per heavy atom. The average molecular weight is 351 g/mol. The molecule has 1 atom stereocenters. The molecule has 0 bridgehead atoms. The van der Waals surface area contributed by atoms with Crippen LogP contribution >= 0.6 is 0 Å². The van der Waals surface area contributed by atoms with Crippen LogP contribution in [0, 0.1) is 12.7 Å². The van der Waals surface area contributed by atoms with Crippen molar-refractivity contribution in [2.24, 2.45) is 0 Å². The van der Waals surface area contributed by atoms with Crippen molar-refractivity contribution in [3.8, 4) is 0 Å². The van der Waals surface area contributed by atoms with Crippen molar-refractivity contribution in [1.29, 1.82) is 0 Å². The van der Waals surface area contributed by atoms with E-state index in [0.29, 0.717) is 17.0 Å². The van der Waals surface area contributed by atoms with Gasteiger partial charge in [0.15, 0.2) is 5.76 Å². The van der Waals surface area contributed by atoms with Crippen LogP contribution in [0.3, 0.4) is 0 Å². The molecule has 1 aromatic heterocycles. The zero-order valence-corrected chi connectivity index (χ0v) is 14.7. The number of rotatable bonds is 3. The van der Waals surface area contributed by atoms with Gasteiger partial charge in [0.25, 0.3) is 5.91 Å². The number of nitrogens with one attached hydrogen (secondary N) is 1. The smallest absolute Gasteiger partial charge is 0.294 e. The number of hydrogen-bond donors (Lipinski definition) is 1. The lowest BCUT2D eigenvalue weighted by Crippen LogP contribution is -2.30. The van der Waals surface area contributed by atoms with E-state index in [2.05, 4.69) is 9.97 Å².